The van der Waals surface area contributed by atoms with E-state index in [9.17, 15) is 0 Å². The van der Waals surface area contributed by atoms with E-state index in [4.69, 9.17) is 0 Å². The minimum Gasteiger partial charge on any atom is -0.310 e. The van der Waals surface area contributed by atoms with E-state index in [0.29, 0.717) is 6.04 Å². The van der Waals surface area contributed by atoms with E-state index in [2.05, 4.69) is 82.8 Å². The highest BCUT2D eigenvalue weighted by Crippen LogP contribution is 2.29. The van der Waals surface area contributed by atoms with Crippen molar-refractivity contribution in [3.05, 3.63) is 31.8 Å². The second-order valence-electron chi connectivity index (χ2n) is 4.75. The van der Waals surface area contributed by atoms with Gasteiger partial charge in [-0.2, -0.15) is 0 Å². The molecule has 3 heteroatoms. The molecule has 0 fully saturated rings. The standard InChI is InChI=1S/C14H21BrIN/c1-4-17-14(8-5-10(2)3)12-9-11(16)6-7-13(12)15/h6-7,9-10,14,17H,4-5,8H2,1-3H3. The summed E-state index contributed by atoms with van der Waals surface area (Å²) in [5.74, 6) is 0.762. The van der Waals surface area contributed by atoms with Crippen LogP contribution in [0.4, 0.5) is 0 Å². The molecule has 0 spiro atoms. The van der Waals surface area contributed by atoms with Gasteiger partial charge in [0.25, 0.3) is 0 Å². The largest absolute Gasteiger partial charge is 0.310 e. The Morgan fingerprint density at radius 2 is 2.00 bits per heavy atom. The first-order chi connectivity index (χ1) is 8.04. The molecule has 1 aromatic carbocycles. The first-order valence-corrected chi connectivity index (χ1v) is 8.10. The van der Waals surface area contributed by atoms with Crippen molar-refractivity contribution in [2.75, 3.05) is 6.54 Å². The van der Waals surface area contributed by atoms with E-state index in [1.54, 1.807) is 0 Å². The fraction of sp³-hybridized carbons (Fsp3) is 0.571. The third-order valence-electron chi connectivity index (χ3n) is 2.82. The van der Waals surface area contributed by atoms with Crippen molar-refractivity contribution in [3.63, 3.8) is 0 Å². The van der Waals surface area contributed by atoms with E-state index in [1.165, 1.54) is 26.4 Å². The molecule has 0 radical (unpaired) electrons. The number of hydrogen-bond donors (Lipinski definition) is 1. The lowest BCUT2D eigenvalue weighted by atomic mass is 9.97. The van der Waals surface area contributed by atoms with Gasteiger partial charge < -0.3 is 5.32 Å². The summed E-state index contributed by atoms with van der Waals surface area (Å²) >= 11 is 6.04. The number of hydrogen-bond acceptors (Lipinski definition) is 1. The van der Waals surface area contributed by atoms with Crippen molar-refractivity contribution in [2.45, 2.75) is 39.7 Å². The summed E-state index contributed by atoms with van der Waals surface area (Å²) in [4.78, 5) is 0. The highest BCUT2D eigenvalue weighted by Gasteiger charge is 2.14. The zero-order valence-electron chi connectivity index (χ0n) is 10.8. The van der Waals surface area contributed by atoms with Gasteiger partial charge in [0.15, 0.2) is 0 Å². The highest BCUT2D eigenvalue weighted by molar-refractivity contribution is 14.1. The Morgan fingerprint density at radius 1 is 1.29 bits per heavy atom. The van der Waals surface area contributed by atoms with Crippen molar-refractivity contribution in [3.8, 4) is 0 Å². The maximum Gasteiger partial charge on any atom is 0.0331 e. The first kappa shape index (κ1) is 15.4. The highest BCUT2D eigenvalue weighted by atomic mass is 127. The van der Waals surface area contributed by atoms with Crippen LogP contribution in [0.2, 0.25) is 0 Å². The van der Waals surface area contributed by atoms with Crippen molar-refractivity contribution in [1.29, 1.82) is 0 Å². The fourth-order valence-electron chi connectivity index (χ4n) is 1.90. The average Bonchev–Trinajstić information content (AvgIpc) is 2.27. The second-order valence-corrected chi connectivity index (χ2v) is 6.85. The van der Waals surface area contributed by atoms with Gasteiger partial charge in [0, 0.05) is 14.1 Å². The summed E-state index contributed by atoms with van der Waals surface area (Å²) < 4.78 is 2.51. The van der Waals surface area contributed by atoms with E-state index in [0.717, 1.165) is 12.5 Å². The topological polar surface area (TPSA) is 12.0 Å². The minimum absolute atomic E-state index is 0.464. The van der Waals surface area contributed by atoms with Crippen LogP contribution in [0.3, 0.4) is 0 Å². The average molecular weight is 410 g/mol. The predicted molar refractivity (Wildman–Crippen MR) is 87.3 cm³/mol. The molecule has 0 heterocycles. The number of benzene rings is 1. The SMILES string of the molecule is CCNC(CCC(C)C)c1cc(I)ccc1Br. The zero-order chi connectivity index (χ0) is 12.8. The summed E-state index contributed by atoms with van der Waals surface area (Å²) in [6.07, 6.45) is 2.46. The van der Waals surface area contributed by atoms with Crippen LogP contribution in [0.15, 0.2) is 22.7 Å². The van der Waals surface area contributed by atoms with Gasteiger partial charge in [-0.15, -0.1) is 0 Å². The van der Waals surface area contributed by atoms with Crippen LogP contribution < -0.4 is 5.32 Å². The van der Waals surface area contributed by atoms with Crippen LogP contribution in [-0.2, 0) is 0 Å². The van der Waals surface area contributed by atoms with Crippen LogP contribution in [0.25, 0.3) is 0 Å². The Bertz CT molecular complexity index is 352. The normalized spacial score (nSPS) is 13.1. The van der Waals surface area contributed by atoms with E-state index < -0.39 is 0 Å². The molecule has 0 bridgehead atoms. The third-order valence-corrected chi connectivity index (χ3v) is 4.21. The molecule has 0 aliphatic rings. The Balaban J connectivity index is 2.84. The monoisotopic (exact) mass is 409 g/mol. The lowest BCUT2D eigenvalue weighted by Gasteiger charge is -2.21. The lowest BCUT2D eigenvalue weighted by molar-refractivity contribution is 0.447. The molecular weight excluding hydrogens is 389 g/mol. The van der Waals surface area contributed by atoms with E-state index in [-0.39, 0.29) is 0 Å². The van der Waals surface area contributed by atoms with Crippen molar-refractivity contribution in [1.82, 2.24) is 5.32 Å². The van der Waals surface area contributed by atoms with Crippen LogP contribution >= 0.6 is 38.5 Å². The predicted octanol–water partition coefficient (Wildman–Crippen LogP) is 5.14. The smallest absolute Gasteiger partial charge is 0.0331 e. The number of rotatable bonds is 6. The third kappa shape index (κ3) is 5.26. The maximum absolute atomic E-state index is 3.66. The molecule has 1 nitrogen and oxygen atoms in total. The molecule has 1 unspecified atom stereocenters. The van der Waals surface area contributed by atoms with Crippen molar-refractivity contribution in [2.24, 2.45) is 5.92 Å². The van der Waals surface area contributed by atoms with Crippen LogP contribution in [0, 0.1) is 9.49 Å². The molecule has 0 amide bonds. The van der Waals surface area contributed by atoms with Crippen LogP contribution in [-0.4, -0.2) is 6.54 Å². The molecule has 1 rings (SSSR count). The van der Waals surface area contributed by atoms with Crippen LogP contribution in [0.5, 0.6) is 0 Å². The van der Waals surface area contributed by atoms with Crippen LogP contribution in [0.1, 0.15) is 45.2 Å². The van der Waals surface area contributed by atoms with Gasteiger partial charge in [0.2, 0.25) is 0 Å². The zero-order valence-corrected chi connectivity index (χ0v) is 14.5. The van der Waals surface area contributed by atoms with Crippen molar-refractivity contribution >= 4 is 38.5 Å². The molecule has 0 aliphatic carbocycles. The Hall–Kier alpha value is 0.390. The molecule has 17 heavy (non-hydrogen) atoms. The molecular formula is C14H21BrIN. The number of halogens is 2. The number of nitrogens with one attached hydrogen (secondary N) is 1. The Morgan fingerprint density at radius 3 is 2.59 bits per heavy atom. The summed E-state index contributed by atoms with van der Waals surface area (Å²) in [6.45, 7) is 7.75. The summed E-state index contributed by atoms with van der Waals surface area (Å²) in [6, 6.07) is 7.03. The molecule has 0 saturated heterocycles. The van der Waals surface area contributed by atoms with Gasteiger partial charge in [-0.25, -0.2) is 0 Å². The molecule has 1 atom stereocenters. The lowest BCUT2D eigenvalue weighted by Crippen LogP contribution is -2.21. The van der Waals surface area contributed by atoms with E-state index in [1.807, 2.05) is 0 Å². The van der Waals surface area contributed by atoms with Gasteiger partial charge in [0.1, 0.15) is 0 Å². The molecule has 96 valence electrons. The van der Waals surface area contributed by atoms with Gasteiger partial charge in [0.05, 0.1) is 0 Å². The fourth-order valence-corrected chi connectivity index (χ4v) is 2.93. The van der Waals surface area contributed by atoms with Gasteiger partial charge in [-0.1, -0.05) is 36.7 Å². The molecule has 0 saturated carbocycles. The van der Waals surface area contributed by atoms with Gasteiger partial charge in [-0.3, -0.25) is 0 Å². The van der Waals surface area contributed by atoms with Gasteiger partial charge in [-0.05, 0) is 71.7 Å². The maximum atomic E-state index is 3.66. The first-order valence-electron chi connectivity index (χ1n) is 6.23. The Kier molecular flexibility index (Phi) is 7.04. The summed E-state index contributed by atoms with van der Waals surface area (Å²) in [5, 5.41) is 3.59. The molecule has 0 aromatic heterocycles. The molecule has 1 aromatic rings. The molecule has 0 aliphatic heterocycles. The summed E-state index contributed by atoms with van der Waals surface area (Å²) in [7, 11) is 0. The van der Waals surface area contributed by atoms with Gasteiger partial charge >= 0.3 is 0 Å². The summed E-state index contributed by atoms with van der Waals surface area (Å²) in [5.41, 5.74) is 1.39. The Labute approximate surface area is 127 Å². The van der Waals surface area contributed by atoms with E-state index >= 15 is 0 Å². The minimum atomic E-state index is 0.464. The molecule has 1 N–H and O–H groups in total. The quantitative estimate of drug-likeness (QED) is 0.641. The second kappa shape index (κ2) is 7.74. The van der Waals surface area contributed by atoms with Crippen molar-refractivity contribution < 1.29 is 0 Å².